The summed E-state index contributed by atoms with van der Waals surface area (Å²) in [5, 5.41) is 12.3. The summed E-state index contributed by atoms with van der Waals surface area (Å²) in [4.78, 5) is 7.08. The van der Waals surface area contributed by atoms with Crippen LogP contribution in [0.4, 0.5) is 5.82 Å². The minimum absolute atomic E-state index is 0.472. The van der Waals surface area contributed by atoms with Crippen LogP contribution in [0.15, 0.2) is 36.4 Å². The predicted octanol–water partition coefficient (Wildman–Crippen LogP) is 3.65. The standard InChI is InChI=1S/C20H25N5/c1-14-12-15(2)21-19-18(14)20(24-23-19)22-17-8-10-25(11-9-17)13-16-6-4-3-5-7-16/h3-7,12,17H,8-11,13H2,1-2H3,(H2,21,22,23,24). The van der Waals surface area contributed by atoms with Gasteiger partial charge in [-0.05, 0) is 43.9 Å². The van der Waals surface area contributed by atoms with Gasteiger partial charge >= 0.3 is 0 Å². The molecule has 0 unspecified atom stereocenters. The van der Waals surface area contributed by atoms with E-state index in [9.17, 15) is 0 Å². The molecule has 1 saturated heterocycles. The molecule has 0 aliphatic carbocycles. The SMILES string of the molecule is Cc1cc(C)c2c(NC3CCN(Cc4ccccc4)CC3)n[nH]c2n1. The Balaban J connectivity index is 1.39. The molecule has 1 aliphatic heterocycles. The van der Waals surface area contributed by atoms with Gasteiger partial charge in [0.05, 0.1) is 5.39 Å². The first-order valence-corrected chi connectivity index (χ1v) is 9.04. The Hall–Kier alpha value is -2.40. The van der Waals surface area contributed by atoms with Crippen molar-refractivity contribution in [3.8, 4) is 0 Å². The van der Waals surface area contributed by atoms with Gasteiger partial charge in [0.1, 0.15) is 0 Å². The number of aromatic amines is 1. The van der Waals surface area contributed by atoms with Crippen LogP contribution in [-0.2, 0) is 6.54 Å². The summed E-state index contributed by atoms with van der Waals surface area (Å²) in [6.07, 6.45) is 2.28. The summed E-state index contributed by atoms with van der Waals surface area (Å²) in [5.41, 5.74) is 4.51. The highest BCUT2D eigenvalue weighted by atomic mass is 15.2. The van der Waals surface area contributed by atoms with E-state index in [0.717, 1.165) is 55.0 Å². The normalized spacial score (nSPS) is 16.4. The number of nitrogens with one attached hydrogen (secondary N) is 2. The van der Waals surface area contributed by atoms with Crippen LogP contribution in [0.3, 0.4) is 0 Å². The summed E-state index contributed by atoms with van der Waals surface area (Å²) in [7, 11) is 0. The molecule has 2 N–H and O–H groups in total. The number of aromatic nitrogens is 3. The van der Waals surface area contributed by atoms with Gasteiger partial charge in [0.25, 0.3) is 0 Å². The first-order valence-electron chi connectivity index (χ1n) is 9.04. The number of hydrogen-bond acceptors (Lipinski definition) is 4. The molecule has 3 aromatic rings. The fraction of sp³-hybridized carbons (Fsp3) is 0.400. The molecular weight excluding hydrogens is 310 g/mol. The largest absolute Gasteiger partial charge is 0.365 e. The summed E-state index contributed by atoms with van der Waals surface area (Å²) in [6.45, 7) is 7.42. The van der Waals surface area contributed by atoms with Gasteiger partial charge in [-0.25, -0.2) is 4.98 Å². The van der Waals surface area contributed by atoms with Crippen LogP contribution in [0.2, 0.25) is 0 Å². The van der Waals surface area contributed by atoms with Crippen LogP contribution >= 0.6 is 0 Å². The Kier molecular flexibility index (Phi) is 4.40. The highest BCUT2D eigenvalue weighted by molar-refractivity contribution is 5.90. The van der Waals surface area contributed by atoms with Crippen LogP contribution in [0.25, 0.3) is 11.0 Å². The van der Waals surface area contributed by atoms with E-state index in [2.05, 4.69) is 68.7 Å². The van der Waals surface area contributed by atoms with Gasteiger partial charge in [-0.2, -0.15) is 5.10 Å². The molecule has 25 heavy (non-hydrogen) atoms. The number of rotatable bonds is 4. The monoisotopic (exact) mass is 335 g/mol. The second-order valence-electron chi connectivity index (χ2n) is 7.06. The number of anilines is 1. The van der Waals surface area contributed by atoms with Crippen molar-refractivity contribution < 1.29 is 0 Å². The van der Waals surface area contributed by atoms with Gasteiger partial charge in [0.2, 0.25) is 0 Å². The van der Waals surface area contributed by atoms with Crippen LogP contribution in [0, 0.1) is 13.8 Å². The maximum atomic E-state index is 4.54. The molecule has 0 amide bonds. The topological polar surface area (TPSA) is 56.8 Å². The molecule has 0 atom stereocenters. The Bertz CT molecular complexity index is 847. The highest BCUT2D eigenvalue weighted by Crippen LogP contribution is 2.26. The molecule has 2 aromatic heterocycles. The molecule has 1 fully saturated rings. The van der Waals surface area contributed by atoms with Gasteiger partial charge in [-0.3, -0.25) is 10.00 Å². The number of likely N-dealkylation sites (tertiary alicyclic amines) is 1. The average Bonchev–Trinajstić information content (AvgIpc) is 3.00. The number of benzene rings is 1. The van der Waals surface area contributed by atoms with E-state index >= 15 is 0 Å². The van der Waals surface area contributed by atoms with E-state index in [4.69, 9.17) is 0 Å². The number of hydrogen-bond donors (Lipinski definition) is 2. The maximum absolute atomic E-state index is 4.54. The van der Waals surface area contributed by atoms with E-state index in [0.29, 0.717) is 6.04 Å². The Morgan fingerprint density at radius 3 is 2.68 bits per heavy atom. The highest BCUT2D eigenvalue weighted by Gasteiger charge is 2.21. The lowest BCUT2D eigenvalue weighted by Crippen LogP contribution is -2.38. The lowest BCUT2D eigenvalue weighted by Gasteiger charge is -2.32. The number of aryl methyl sites for hydroxylation is 2. The zero-order valence-corrected chi connectivity index (χ0v) is 14.9. The predicted molar refractivity (Wildman–Crippen MR) is 102 cm³/mol. The van der Waals surface area contributed by atoms with E-state index in [1.807, 2.05) is 6.92 Å². The fourth-order valence-electron chi connectivity index (χ4n) is 3.76. The molecule has 5 heteroatoms. The number of H-pyrrole nitrogens is 1. The molecule has 5 nitrogen and oxygen atoms in total. The first-order chi connectivity index (χ1) is 12.2. The Labute approximate surface area is 148 Å². The molecule has 130 valence electrons. The number of nitrogens with zero attached hydrogens (tertiary/aromatic N) is 3. The third-order valence-electron chi connectivity index (χ3n) is 5.03. The molecule has 0 bridgehead atoms. The quantitative estimate of drug-likeness (QED) is 0.764. The molecule has 0 spiro atoms. The molecular formula is C20H25N5. The lowest BCUT2D eigenvalue weighted by atomic mass is 10.0. The van der Waals surface area contributed by atoms with Crippen molar-refractivity contribution in [3.63, 3.8) is 0 Å². The molecule has 1 aliphatic rings. The Morgan fingerprint density at radius 1 is 1.16 bits per heavy atom. The summed E-state index contributed by atoms with van der Waals surface area (Å²) in [5.74, 6) is 0.946. The molecule has 4 rings (SSSR count). The van der Waals surface area contributed by atoms with E-state index in [1.165, 1.54) is 11.1 Å². The summed E-state index contributed by atoms with van der Waals surface area (Å²) < 4.78 is 0. The average molecular weight is 335 g/mol. The number of piperidine rings is 1. The zero-order chi connectivity index (χ0) is 17.2. The van der Waals surface area contributed by atoms with Crippen LogP contribution in [0.1, 0.15) is 29.7 Å². The number of fused-ring (bicyclic) bond motifs is 1. The molecule has 1 aromatic carbocycles. The lowest BCUT2D eigenvalue weighted by molar-refractivity contribution is 0.211. The summed E-state index contributed by atoms with van der Waals surface area (Å²) >= 11 is 0. The van der Waals surface area contributed by atoms with Crippen molar-refractivity contribution in [3.05, 3.63) is 53.2 Å². The fourth-order valence-corrected chi connectivity index (χ4v) is 3.76. The van der Waals surface area contributed by atoms with Crippen LogP contribution < -0.4 is 5.32 Å². The Morgan fingerprint density at radius 2 is 1.92 bits per heavy atom. The van der Waals surface area contributed by atoms with Crippen molar-refractivity contribution in [1.82, 2.24) is 20.1 Å². The van der Waals surface area contributed by atoms with Crippen LogP contribution in [-0.4, -0.2) is 39.2 Å². The second kappa shape index (κ2) is 6.84. The molecule has 0 saturated carbocycles. The van der Waals surface area contributed by atoms with Crippen molar-refractivity contribution in [2.24, 2.45) is 0 Å². The minimum Gasteiger partial charge on any atom is -0.365 e. The van der Waals surface area contributed by atoms with Gasteiger partial charge < -0.3 is 5.32 Å². The third kappa shape index (κ3) is 3.51. The van der Waals surface area contributed by atoms with Gasteiger partial charge in [0.15, 0.2) is 11.5 Å². The van der Waals surface area contributed by atoms with Crippen molar-refractivity contribution in [2.45, 2.75) is 39.3 Å². The van der Waals surface area contributed by atoms with Gasteiger partial charge in [0, 0.05) is 31.4 Å². The third-order valence-corrected chi connectivity index (χ3v) is 5.03. The van der Waals surface area contributed by atoms with E-state index < -0.39 is 0 Å². The van der Waals surface area contributed by atoms with Crippen molar-refractivity contribution in [1.29, 1.82) is 0 Å². The molecule has 3 heterocycles. The van der Waals surface area contributed by atoms with E-state index in [-0.39, 0.29) is 0 Å². The number of pyridine rings is 1. The minimum atomic E-state index is 0.472. The maximum Gasteiger partial charge on any atom is 0.157 e. The second-order valence-corrected chi connectivity index (χ2v) is 7.06. The zero-order valence-electron chi connectivity index (χ0n) is 14.9. The summed E-state index contributed by atoms with van der Waals surface area (Å²) in [6, 6.07) is 13.3. The van der Waals surface area contributed by atoms with Gasteiger partial charge in [-0.1, -0.05) is 30.3 Å². The molecule has 0 radical (unpaired) electrons. The van der Waals surface area contributed by atoms with Crippen molar-refractivity contribution in [2.75, 3.05) is 18.4 Å². The first kappa shape index (κ1) is 16.1. The smallest absolute Gasteiger partial charge is 0.157 e. The van der Waals surface area contributed by atoms with Crippen molar-refractivity contribution >= 4 is 16.9 Å². The van der Waals surface area contributed by atoms with E-state index in [1.54, 1.807) is 0 Å². The van der Waals surface area contributed by atoms with Gasteiger partial charge in [-0.15, -0.1) is 0 Å². The van der Waals surface area contributed by atoms with Crippen LogP contribution in [0.5, 0.6) is 0 Å².